The third-order valence-corrected chi connectivity index (χ3v) is 9.29. The van der Waals surface area contributed by atoms with Crippen LogP contribution < -0.4 is 5.32 Å². The van der Waals surface area contributed by atoms with Gasteiger partial charge in [-0.2, -0.15) is 5.26 Å². The molecule has 3 atom stereocenters. The van der Waals surface area contributed by atoms with E-state index in [9.17, 15) is 18.5 Å². The number of sulfone groups is 1. The van der Waals surface area contributed by atoms with E-state index in [2.05, 4.69) is 27.3 Å². The summed E-state index contributed by atoms with van der Waals surface area (Å²) in [5.41, 5.74) is 0.0907. The van der Waals surface area contributed by atoms with Crippen LogP contribution in [0.4, 0.5) is 0 Å². The molecule has 9 heteroatoms. The molecular formula is C23H22BrClN2O4S. The van der Waals surface area contributed by atoms with Gasteiger partial charge in [-0.05, 0) is 55.5 Å². The molecule has 2 aliphatic rings. The normalized spacial score (nSPS) is 24.0. The number of benzene rings is 2. The number of nitrogens with one attached hydrogen (secondary N) is 1. The minimum absolute atomic E-state index is 0.0649. The lowest BCUT2D eigenvalue weighted by Gasteiger charge is -2.21. The van der Waals surface area contributed by atoms with Crippen LogP contribution in [-0.4, -0.2) is 31.2 Å². The topological polar surface area (TPSA) is 96.3 Å². The summed E-state index contributed by atoms with van der Waals surface area (Å²) >= 11 is 9.55. The van der Waals surface area contributed by atoms with Gasteiger partial charge >= 0.3 is 0 Å². The van der Waals surface area contributed by atoms with Crippen LogP contribution in [0.15, 0.2) is 57.9 Å². The molecule has 0 spiro atoms. The molecule has 0 heterocycles. The number of carbonyl (C=O) groups is 1. The number of rotatable bonds is 7. The minimum atomic E-state index is -3.75. The van der Waals surface area contributed by atoms with Gasteiger partial charge in [0, 0.05) is 4.47 Å². The molecule has 0 radical (unpaired) electrons. The summed E-state index contributed by atoms with van der Waals surface area (Å²) in [6.45, 7) is 0.254. The van der Waals surface area contributed by atoms with Crippen molar-refractivity contribution in [1.29, 1.82) is 5.26 Å². The van der Waals surface area contributed by atoms with Gasteiger partial charge in [-0.3, -0.25) is 4.79 Å². The van der Waals surface area contributed by atoms with Crippen molar-refractivity contribution in [2.45, 2.75) is 54.1 Å². The molecule has 0 unspecified atom stereocenters. The number of carbonyl (C=O) groups excluding carboxylic acids is 1. The van der Waals surface area contributed by atoms with Gasteiger partial charge in [0.05, 0.1) is 39.9 Å². The number of ether oxygens (including phenoxy) is 1. The van der Waals surface area contributed by atoms with E-state index in [1.54, 1.807) is 18.2 Å². The van der Waals surface area contributed by atoms with Crippen LogP contribution in [-0.2, 0) is 26.0 Å². The van der Waals surface area contributed by atoms with Gasteiger partial charge in [0.1, 0.15) is 5.54 Å². The number of nitrogens with zero attached hydrogens (tertiary/aromatic N) is 1. The fourth-order valence-corrected chi connectivity index (χ4v) is 6.62. The van der Waals surface area contributed by atoms with Crippen LogP contribution in [0.3, 0.4) is 0 Å². The van der Waals surface area contributed by atoms with E-state index in [1.807, 2.05) is 24.3 Å². The van der Waals surface area contributed by atoms with Crippen molar-refractivity contribution in [3.8, 4) is 6.07 Å². The zero-order valence-corrected chi connectivity index (χ0v) is 20.3. The molecular weight excluding hydrogens is 516 g/mol. The Morgan fingerprint density at radius 2 is 1.88 bits per heavy atom. The van der Waals surface area contributed by atoms with Gasteiger partial charge in [0.2, 0.25) is 5.91 Å². The number of nitriles is 1. The second-order valence-corrected chi connectivity index (χ2v) is 11.9. The first kappa shape index (κ1) is 23.2. The quantitative estimate of drug-likeness (QED) is 0.564. The smallest absolute Gasteiger partial charge is 0.227 e. The van der Waals surface area contributed by atoms with E-state index in [1.165, 1.54) is 6.07 Å². The van der Waals surface area contributed by atoms with E-state index < -0.39 is 32.6 Å². The van der Waals surface area contributed by atoms with Crippen LogP contribution in [0.25, 0.3) is 0 Å². The lowest BCUT2D eigenvalue weighted by molar-refractivity contribution is -0.130. The molecule has 0 aliphatic heterocycles. The summed E-state index contributed by atoms with van der Waals surface area (Å²) in [7, 11) is -3.75. The maximum atomic E-state index is 13.3. The van der Waals surface area contributed by atoms with Gasteiger partial charge < -0.3 is 10.1 Å². The summed E-state index contributed by atoms with van der Waals surface area (Å²) < 4.78 is 33.6. The number of halogens is 2. The molecule has 1 amide bonds. The summed E-state index contributed by atoms with van der Waals surface area (Å²) in [4.78, 5) is 13.1. The summed E-state index contributed by atoms with van der Waals surface area (Å²) in [5, 5.41) is 11.5. The second kappa shape index (κ2) is 9.14. The van der Waals surface area contributed by atoms with Crippen molar-refractivity contribution >= 4 is 43.3 Å². The molecule has 6 nitrogen and oxygen atoms in total. The van der Waals surface area contributed by atoms with E-state index in [0.29, 0.717) is 12.8 Å². The number of hydrogen-bond acceptors (Lipinski definition) is 5. The Kier molecular flexibility index (Phi) is 6.64. The highest BCUT2D eigenvalue weighted by Crippen LogP contribution is 2.40. The maximum Gasteiger partial charge on any atom is 0.227 e. The Labute approximate surface area is 201 Å². The zero-order valence-electron chi connectivity index (χ0n) is 17.1. The van der Waals surface area contributed by atoms with E-state index in [-0.39, 0.29) is 35.3 Å². The van der Waals surface area contributed by atoms with Crippen molar-refractivity contribution in [3.05, 3.63) is 63.6 Å². The minimum Gasteiger partial charge on any atom is -0.373 e. The highest BCUT2D eigenvalue weighted by Gasteiger charge is 2.50. The van der Waals surface area contributed by atoms with Crippen LogP contribution in [0.5, 0.6) is 0 Å². The summed E-state index contributed by atoms with van der Waals surface area (Å²) in [6.07, 6.45) is 0.921. The van der Waals surface area contributed by atoms with Crippen LogP contribution >= 0.6 is 27.5 Å². The second-order valence-electron chi connectivity index (χ2n) is 8.33. The maximum absolute atomic E-state index is 13.3. The molecule has 168 valence electrons. The van der Waals surface area contributed by atoms with E-state index in [4.69, 9.17) is 16.3 Å². The summed E-state index contributed by atoms with van der Waals surface area (Å²) in [5.74, 6) is -1.000. The number of hydrogen-bond donors (Lipinski definition) is 1. The lowest BCUT2D eigenvalue weighted by Crippen LogP contribution is -2.42. The molecule has 32 heavy (non-hydrogen) atoms. The first-order valence-corrected chi connectivity index (χ1v) is 13.0. The fraction of sp³-hybridized carbons (Fsp3) is 0.391. The third kappa shape index (κ3) is 4.86. The monoisotopic (exact) mass is 536 g/mol. The molecule has 0 bridgehead atoms. The van der Waals surface area contributed by atoms with Gasteiger partial charge in [-0.15, -0.1) is 0 Å². The van der Waals surface area contributed by atoms with Gasteiger partial charge in [0.25, 0.3) is 0 Å². The van der Waals surface area contributed by atoms with Gasteiger partial charge in [-0.25, -0.2) is 8.42 Å². The first-order valence-electron chi connectivity index (χ1n) is 10.3. The zero-order chi connectivity index (χ0) is 22.9. The van der Waals surface area contributed by atoms with E-state index in [0.717, 1.165) is 10.0 Å². The van der Waals surface area contributed by atoms with Crippen molar-refractivity contribution in [2.75, 3.05) is 0 Å². The Morgan fingerprint density at radius 1 is 1.19 bits per heavy atom. The molecule has 1 N–H and O–H groups in total. The predicted octanol–water partition coefficient (Wildman–Crippen LogP) is 4.41. The predicted molar refractivity (Wildman–Crippen MR) is 124 cm³/mol. The largest absolute Gasteiger partial charge is 0.373 e. The van der Waals surface area contributed by atoms with Gasteiger partial charge in [-0.1, -0.05) is 51.8 Å². The van der Waals surface area contributed by atoms with Crippen molar-refractivity contribution in [2.24, 2.45) is 5.92 Å². The van der Waals surface area contributed by atoms with Crippen LogP contribution in [0.2, 0.25) is 5.02 Å². The SMILES string of the molecule is N#CC1(NC(=O)[C@H]2C[C@H](S(=O)(=O)c3ccccc3Cl)C[C@@H]2OCc2ccc(Br)cc2)CC1. The van der Waals surface area contributed by atoms with Crippen molar-refractivity contribution in [1.82, 2.24) is 5.32 Å². The number of amides is 1. The third-order valence-electron chi connectivity index (χ3n) is 6.08. The average molecular weight is 538 g/mol. The summed E-state index contributed by atoms with van der Waals surface area (Å²) in [6, 6.07) is 16.1. The first-order chi connectivity index (χ1) is 15.2. The Balaban J connectivity index is 1.55. The fourth-order valence-electron chi connectivity index (χ4n) is 4.03. The Hall–Kier alpha value is -1.92. The van der Waals surface area contributed by atoms with Crippen molar-refractivity contribution < 1.29 is 17.9 Å². The lowest BCUT2D eigenvalue weighted by atomic mass is 10.0. The Bertz CT molecular complexity index is 1160. The molecule has 2 aromatic rings. The molecule has 4 rings (SSSR count). The highest BCUT2D eigenvalue weighted by molar-refractivity contribution is 9.10. The van der Waals surface area contributed by atoms with E-state index >= 15 is 0 Å². The van der Waals surface area contributed by atoms with Crippen LogP contribution in [0, 0.1) is 17.2 Å². The standard InChI is InChI=1S/C23H22BrClN2O4S/c24-16-7-5-15(6-8-16)13-31-20-12-17(32(29,30)21-4-2-1-3-19(21)25)11-18(20)22(28)27-23(14-26)9-10-23/h1-8,17-18,20H,9-13H2,(H,27,28)/t17-,18-,20-/m0/s1. The molecule has 2 aliphatic carbocycles. The highest BCUT2D eigenvalue weighted by atomic mass is 79.9. The van der Waals surface area contributed by atoms with Crippen LogP contribution in [0.1, 0.15) is 31.2 Å². The molecule has 2 aromatic carbocycles. The molecule has 2 fully saturated rings. The van der Waals surface area contributed by atoms with Crippen molar-refractivity contribution in [3.63, 3.8) is 0 Å². The Morgan fingerprint density at radius 3 is 2.50 bits per heavy atom. The molecule has 0 aromatic heterocycles. The molecule has 0 saturated heterocycles. The molecule has 2 saturated carbocycles. The van der Waals surface area contributed by atoms with Gasteiger partial charge in [0.15, 0.2) is 9.84 Å². The average Bonchev–Trinajstić information content (AvgIpc) is 3.40.